The number of benzene rings is 1. The summed E-state index contributed by atoms with van der Waals surface area (Å²) in [5.74, 6) is -0.649. The smallest absolute Gasteiger partial charge is 0.271 e. The van der Waals surface area contributed by atoms with Gasteiger partial charge in [0.2, 0.25) is 0 Å². The van der Waals surface area contributed by atoms with Crippen molar-refractivity contribution in [1.82, 2.24) is 15.6 Å². The molecule has 3 rings (SSSR count). The highest BCUT2D eigenvalue weighted by Crippen LogP contribution is 2.16. The van der Waals surface area contributed by atoms with Crippen LogP contribution in [0.15, 0.2) is 48.7 Å². The molecular weight excluding hydrogens is 266 g/mol. The van der Waals surface area contributed by atoms with Crippen LogP contribution in [0.3, 0.4) is 0 Å². The Balaban J connectivity index is 1.87. The number of carbonyl (C=O) groups excluding carboxylic acids is 2. The lowest BCUT2D eigenvalue weighted by Crippen LogP contribution is -2.43. The first kappa shape index (κ1) is 13.3. The van der Waals surface area contributed by atoms with Crippen molar-refractivity contribution in [3.63, 3.8) is 0 Å². The van der Waals surface area contributed by atoms with Gasteiger partial charge >= 0.3 is 0 Å². The van der Waals surface area contributed by atoms with Crippen LogP contribution in [0.2, 0.25) is 0 Å². The van der Waals surface area contributed by atoms with Gasteiger partial charge in [0.05, 0.1) is 6.54 Å². The zero-order valence-electron chi connectivity index (χ0n) is 11.3. The van der Waals surface area contributed by atoms with Crippen LogP contribution in [0.4, 0.5) is 0 Å². The first-order chi connectivity index (χ1) is 10.3. The Morgan fingerprint density at radius 1 is 1.19 bits per heavy atom. The maximum Gasteiger partial charge on any atom is 0.271 e. The quantitative estimate of drug-likeness (QED) is 0.846. The molecule has 1 aliphatic heterocycles. The highest BCUT2D eigenvalue weighted by Gasteiger charge is 2.23. The van der Waals surface area contributed by atoms with E-state index in [4.69, 9.17) is 0 Å². The van der Waals surface area contributed by atoms with E-state index in [1.54, 1.807) is 6.20 Å². The van der Waals surface area contributed by atoms with E-state index in [-0.39, 0.29) is 11.8 Å². The number of nitrogens with one attached hydrogen (secondary N) is 1. The van der Waals surface area contributed by atoms with Crippen LogP contribution in [-0.4, -0.2) is 29.4 Å². The van der Waals surface area contributed by atoms with Crippen molar-refractivity contribution in [2.24, 2.45) is 0 Å². The van der Waals surface area contributed by atoms with Gasteiger partial charge in [0.15, 0.2) is 0 Å². The second-order valence-corrected chi connectivity index (χ2v) is 4.79. The Hall–Kier alpha value is -2.69. The zero-order chi connectivity index (χ0) is 14.7. The molecule has 1 aromatic heterocycles. The van der Waals surface area contributed by atoms with Crippen LogP contribution in [0.5, 0.6) is 0 Å². The van der Waals surface area contributed by atoms with E-state index in [2.05, 4.69) is 15.6 Å². The number of fused-ring (bicyclic) bond motifs is 1. The third kappa shape index (κ3) is 2.76. The number of pyridine rings is 1. The van der Waals surface area contributed by atoms with Crippen molar-refractivity contribution in [2.45, 2.75) is 12.5 Å². The molecule has 0 aliphatic carbocycles. The van der Waals surface area contributed by atoms with Gasteiger partial charge in [-0.05, 0) is 17.9 Å². The average molecular weight is 280 g/mol. The fourth-order valence-electron chi connectivity index (χ4n) is 2.31. The molecule has 0 fully saturated rings. The molecule has 2 heterocycles. The summed E-state index contributed by atoms with van der Waals surface area (Å²) in [5, 5.41) is 8.28. The molecule has 1 atom stereocenters. The summed E-state index contributed by atoms with van der Waals surface area (Å²) < 4.78 is 0. The summed E-state index contributed by atoms with van der Waals surface area (Å²) in [6.07, 6.45) is 5.73. The molecule has 0 saturated heterocycles. The van der Waals surface area contributed by atoms with Gasteiger partial charge in [-0.15, -0.1) is 0 Å². The fourth-order valence-corrected chi connectivity index (χ4v) is 2.31. The van der Waals surface area contributed by atoms with Crippen molar-refractivity contribution in [2.75, 3.05) is 6.54 Å². The molecule has 2 amide bonds. The number of rotatable bonds is 2. The molecule has 0 bridgehead atoms. The summed E-state index contributed by atoms with van der Waals surface area (Å²) in [7, 11) is 0. The normalized spacial score (nSPS) is 18.1. The van der Waals surface area contributed by atoms with E-state index < -0.39 is 6.04 Å². The highest BCUT2D eigenvalue weighted by molar-refractivity contribution is 6.06. The molecule has 1 aliphatic rings. The Morgan fingerprint density at radius 3 is 2.95 bits per heavy atom. The molecule has 21 heavy (non-hydrogen) atoms. The van der Waals surface area contributed by atoms with E-state index in [1.165, 1.54) is 0 Å². The minimum Gasteiger partial charge on any atom is -0.338 e. The molecule has 5 heteroatoms. The number of nitrogens with zero attached hydrogens (tertiary/aromatic N) is 2. The minimum absolute atomic E-state index is 0.298. The van der Waals surface area contributed by atoms with Crippen LogP contribution in [-0.2, 0) is 4.79 Å². The average Bonchev–Trinajstić information content (AvgIpc) is 2.71. The largest absolute Gasteiger partial charge is 0.338 e. The number of amides is 2. The van der Waals surface area contributed by atoms with Crippen molar-refractivity contribution < 1.29 is 9.59 Å². The van der Waals surface area contributed by atoms with Gasteiger partial charge in [0.25, 0.3) is 11.8 Å². The van der Waals surface area contributed by atoms with Crippen molar-refractivity contribution in [3.8, 4) is 0 Å². The molecule has 105 valence electrons. The maximum atomic E-state index is 12.4. The first-order valence-corrected chi connectivity index (χ1v) is 6.76. The van der Waals surface area contributed by atoms with Crippen LogP contribution in [0, 0.1) is 0 Å². The van der Waals surface area contributed by atoms with Crippen LogP contribution < -0.4 is 10.6 Å². The lowest BCUT2D eigenvalue weighted by atomic mass is 10.1. The monoisotopic (exact) mass is 280 g/mol. The Kier molecular flexibility index (Phi) is 3.64. The zero-order valence-corrected chi connectivity index (χ0v) is 11.3. The van der Waals surface area contributed by atoms with E-state index >= 15 is 0 Å². The van der Waals surface area contributed by atoms with E-state index in [0.29, 0.717) is 18.7 Å². The molecule has 1 radical (unpaired) electrons. The SMILES string of the molecule is O=C(NC1CC=CC[N]C1=O)c1nccc2ccccc12. The molecule has 0 saturated carbocycles. The molecular formula is C16H14N3O2. The fraction of sp³-hybridized carbons (Fsp3) is 0.188. The maximum absolute atomic E-state index is 12.4. The summed E-state index contributed by atoms with van der Waals surface area (Å²) >= 11 is 0. The van der Waals surface area contributed by atoms with Gasteiger partial charge in [-0.3, -0.25) is 14.6 Å². The standard InChI is InChI=1S/C16H14N3O2/c20-15-13(7-3-4-9-18-15)19-16(21)14-12-6-2-1-5-11(12)8-10-17-14/h1-6,8,10,13H,7,9H2,(H,19,21). The lowest BCUT2D eigenvalue weighted by molar-refractivity contribution is -0.122. The van der Waals surface area contributed by atoms with Gasteiger partial charge in [0, 0.05) is 11.6 Å². The van der Waals surface area contributed by atoms with Crippen molar-refractivity contribution >= 4 is 22.6 Å². The topological polar surface area (TPSA) is 73.2 Å². The highest BCUT2D eigenvalue weighted by atomic mass is 16.2. The number of hydrogen-bond donors (Lipinski definition) is 1. The van der Waals surface area contributed by atoms with Crippen LogP contribution in [0.1, 0.15) is 16.9 Å². The van der Waals surface area contributed by atoms with Crippen molar-refractivity contribution in [1.29, 1.82) is 0 Å². The number of aromatic nitrogens is 1. The Labute approximate surface area is 122 Å². The molecule has 0 spiro atoms. The third-order valence-electron chi connectivity index (χ3n) is 3.38. The number of carbonyl (C=O) groups is 2. The van der Waals surface area contributed by atoms with E-state index in [9.17, 15) is 9.59 Å². The number of hydrogen-bond acceptors (Lipinski definition) is 3. The van der Waals surface area contributed by atoms with E-state index in [1.807, 2.05) is 42.5 Å². The molecule has 1 aromatic carbocycles. The summed E-state index contributed by atoms with van der Waals surface area (Å²) in [5.41, 5.74) is 0.328. The summed E-state index contributed by atoms with van der Waals surface area (Å²) in [4.78, 5) is 28.3. The molecule has 1 unspecified atom stereocenters. The Morgan fingerprint density at radius 2 is 2.05 bits per heavy atom. The van der Waals surface area contributed by atoms with Crippen molar-refractivity contribution in [3.05, 3.63) is 54.4 Å². The predicted molar refractivity (Wildman–Crippen MR) is 78.8 cm³/mol. The lowest BCUT2D eigenvalue weighted by Gasteiger charge is -2.14. The van der Waals surface area contributed by atoms with Gasteiger partial charge in [-0.2, -0.15) is 0 Å². The predicted octanol–water partition coefficient (Wildman–Crippen LogP) is 1.42. The summed E-state index contributed by atoms with van der Waals surface area (Å²) in [6.45, 7) is 0.373. The minimum atomic E-state index is -0.614. The third-order valence-corrected chi connectivity index (χ3v) is 3.38. The van der Waals surface area contributed by atoms with Gasteiger partial charge in [-0.25, -0.2) is 5.32 Å². The van der Waals surface area contributed by atoms with Gasteiger partial charge in [-0.1, -0.05) is 36.4 Å². The molecule has 2 aromatic rings. The first-order valence-electron chi connectivity index (χ1n) is 6.76. The molecule has 1 N–H and O–H groups in total. The Bertz CT molecular complexity index is 719. The molecule has 5 nitrogen and oxygen atoms in total. The second-order valence-electron chi connectivity index (χ2n) is 4.79. The van der Waals surface area contributed by atoms with E-state index in [0.717, 1.165) is 10.8 Å². The van der Waals surface area contributed by atoms with Gasteiger partial charge in [0.1, 0.15) is 11.7 Å². The van der Waals surface area contributed by atoms with Crippen LogP contribution >= 0.6 is 0 Å². The van der Waals surface area contributed by atoms with Crippen LogP contribution in [0.25, 0.3) is 10.8 Å². The van der Waals surface area contributed by atoms with Gasteiger partial charge < -0.3 is 5.32 Å². The second kappa shape index (κ2) is 5.75. The summed E-state index contributed by atoms with van der Waals surface area (Å²) in [6, 6.07) is 8.76.